The number of rotatable bonds is 10. The van der Waals surface area contributed by atoms with Crippen molar-refractivity contribution in [3.8, 4) is 5.75 Å². The number of carbonyl (C=O) groups excluding carboxylic acids is 2. The van der Waals surface area contributed by atoms with Gasteiger partial charge in [-0.2, -0.15) is 0 Å². The first-order valence-electron chi connectivity index (χ1n) is 8.31. The van der Waals surface area contributed by atoms with Gasteiger partial charge in [0.05, 0.1) is 13.2 Å². The highest BCUT2D eigenvalue weighted by Gasteiger charge is 2.09. The smallest absolute Gasteiger partial charge is 0.251 e. The average molecular weight is 345 g/mol. The topological polar surface area (TPSA) is 88.8 Å². The predicted molar refractivity (Wildman–Crippen MR) is 93.0 cm³/mol. The van der Waals surface area contributed by atoms with Crippen LogP contribution in [0.15, 0.2) is 40.8 Å². The molecule has 0 radical (unpaired) electrons. The highest BCUT2D eigenvalue weighted by molar-refractivity contribution is 5.94. The van der Waals surface area contributed by atoms with Crippen molar-refractivity contribution in [3.63, 3.8) is 0 Å². The van der Waals surface area contributed by atoms with Crippen molar-refractivity contribution in [2.24, 2.45) is 0 Å². The summed E-state index contributed by atoms with van der Waals surface area (Å²) in [6.07, 6.45) is 1.91. The molecule has 2 N–H and O–H groups in total. The number of benzene rings is 1. The molecule has 2 rings (SSSR count). The summed E-state index contributed by atoms with van der Waals surface area (Å²) in [7, 11) is 0. The van der Waals surface area contributed by atoms with E-state index in [1.54, 1.807) is 36.4 Å². The fourth-order valence-corrected chi connectivity index (χ4v) is 2.26. The van der Waals surface area contributed by atoms with Crippen molar-refractivity contribution in [2.75, 3.05) is 19.8 Å². The summed E-state index contributed by atoms with van der Waals surface area (Å²) in [4.78, 5) is 23.6. The van der Waals surface area contributed by atoms with Crippen molar-refractivity contribution in [1.29, 1.82) is 0 Å². The third-order valence-corrected chi connectivity index (χ3v) is 3.60. The van der Waals surface area contributed by atoms with Crippen LogP contribution in [0.25, 0.3) is 0 Å². The summed E-state index contributed by atoms with van der Waals surface area (Å²) >= 11 is 0. The minimum Gasteiger partial charge on any atom is -0.494 e. The first kappa shape index (κ1) is 18.7. The minimum absolute atomic E-state index is 0.00587. The van der Waals surface area contributed by atoms with Crippen molar-refractivity contribution in [3.05, 3.63) is 53.5 Å². The number of ether oxygens (including phenoxy) is 1. The van der Waals surface area contributed by atoms with Crippen LogP contribution in [0.3, 0.4) is 0 Å². The molecule has 0 saturated heterocycles. The van der Waals surface area contributed by atoms with Gasteiger partial charge in [-0.3, -0.25) is 9.59 Å². The number of hydrogen-bond acceptors (Lipinski definition) is 5. The first-order chi connectivity index (χ1) is 12.1. The normalized spacial score (nSPS) is 10.5. The molecular weight excluding hydrogens is 322 g/mol. The molecule has 6 heteroatoms. The van der Waals surface area contributed by atoms with Crippen LogP contribution >= 0.6 is 0 Å². The van der Waals surface area contributed by atoms with Gasteiger partial charge in [0.15, 0.2) is 11.5 Å². The molecule has 0 saturated carbocycles. The number of unbranched alkanes of at least 4 members (excludes halogenated alkanes) is 1. The Morgan fingerprint density at radius 1 is 1.12 bits per heavy atom. The van der Waals surface area contributed by atoms with E-state index < -0.39 is 0 Å². The average Bonchev–Trinajstić information content (AvgIpc) is 3.06. The highest BCUT2D eigenvalue weighted by Crippen LogP contribution is 2.14. The molecule has 0 spiro atoms. The molecule has 2 aromatic rings. The maximum absolute atomic E-state index is 11.9. The van der Waals surface area contributed by atoms with E-state index in [-0.39, 0.29) is 24.8 Å². The lowest BCUT2D eigenvalue weighted by Crippen LogP contribution is -2.26. The molecule has 0 fully saturated rings. The number of hydrogen-bond donors (Lipinski definition) is 2. The van der Waals surface area contributed by atoms with Crippen molar-refractivity contribution >= 4 is 11.7 Å². The fraction of sp³-hybridized carbons (Fsp3) is 0.368. The number of Topliss-reactive ketones (excluding diaryl/α,β-unsaturated/α-hetero) is 1. The standard InChI is InChI=1S/C19H23NO5/c1-14-5-10-18(25-14)17(22)4-2-3-13-24-16-8-6-15(7-9-16)19(23)20-11-12-21/h5-10,21H,2-4,11-13H2,1H3,(H,20,23). The molecule has 0 aliphatic rings. The molecule has 0 aliphatic heterocycles. The van der Waals surface area contributed by atoms with Gasteiger partial charge >= 0.3 is 0 Å². The second-order valence-corrected chi connectivity index (χ2v) is 5.64. The third-order valence-electron chi connectivity index (χ3n) is 3.60. The van der Waals surface area contributed by atoms with E-state index in [1.165, 1.54) is 0 Å². The quantitative estimate of drug-likeness (QED) is 0.510. The Bertz CT molecular complexity index is 690. The number of amides is 1. The zero-order chi connectivity index (χ0) is 18.1. The van der Waals surface area contributed by atoms with Crippen LogP contribution in [0.4, 0.5) is 0 Å². The van der Waals surface area contributed by atoms with Crippen LogP contribution < -0.4 is 10.1 Å². The van der Waals surface area contributed by atoms with Gasteiger partial charge in [0.25, 0.3) is 5.91 Å². The Hall–Kier alpha value is -2.60. The van der Waals surface area contributed by atoms with E-state index in [1.807, 2.05) is 6.92 Å². The Morgan fingerprint density at radius 2 is 1.88 bits per heavy atom. The number of nitrogens with one attached hydrogen (secondary N) is 1. The fourth-order valence-electron chi connectivity index (χ4n) is 2.26. The summed E-state index contributed by atoms with van der Waals surface area (Å²) in [5.41, 5.74) is 0.514. The maximum Gasteiger partial charge on any atom is 0.251 e. The van der Waals surface area contributed by atoms with Gasteiger partial charge in [-0.15, -0.1) is 0 Å². The Kier molecular flexibility index (Phi) is 7.22. The molecule has 0 atom stereocenters. The lowest BCUT2D eigenvalue weighted by atomic mass is 10.1. The zero-order valence-corrected chi connectivity index (χ0v) is 14.3. The molecule has 6 nitrogen and oxygen atoms in total. The van der Waals surface area contributed by atoms with Crippen LogP contribution in [0.2, 0.25) is 0 Å². The number of carbonyl (C=O) groups is 2. The first-order valence-corrected chi connectivity index (χ1v) is 8.31. The monoisotopic (exact) mass is 345 g/mol. The Labute approximate surface area is 146 Å². The number of ketones is 1. The van der Waals surface area contributed by atoms with Crippen LogP contribution in [0.1, 0.15) is 45.9 Å². The largest absolute Gasteiger partial charge is 0.494 e. The molecule has 1 aromatic heterocycles. The van der Waals surface area contributed by atoms with Gasteiger partial charge in [0.2, 0.25) is 0 Å². The van der Waals surface area contributed by atoms with E-state index >= 15 is 0 Å². The number of furan rings is 1. The van der Waals surface area contributed by atoms with Crippen LogP contribution in [0.5, 0.6) is 5.75 Å². The van der Waals surface area contributed by atoms with Crippen LogP contribution in [-0.2, 0) is 0 Å². The minimum atomic E-state index is -0.229. The molecular formula is C19H23NO5. The van der Waals surface area contributed by atoms with Gasteiger partial charge < -0.3 is 19.6 Å². The third kappa shape index (κ3) is 6.08. The summed E-state index contributed by atoms with van der Waals surface area (Å²) in [5, 5.41) is 11.3. The molecule has 25 heavy (non-hydrogen) atoms. The summed E-state index contributed by atoms with van der Waals surface area (Å²) in [6, 6.07) is 10.3. The van der Waals surface area contributed by atoms with Crippen LogP contribution in [-0.4, -0.2) is 36.6 Å². The second-order valence-electron chi connectivity index (χ2n) is 5.64. The number of aliphatic hydroxyl groups is 1. The van der Waals surface area contributed by atoms with Gasteiger partial charge in [-0.25, -0.2) is 0 Å². The van der Waals surface area contributed by atoms with E-state index in [0.29, 0.717) is 30.1 Å². The Morgan fingerprint density at radius 3 is 2.52 bits per heavy atom. The van der Waals surface area contributed by atoms with E-state index in [2.05, 4.69) is 5.32 Å². The summed E-state index contributed by atoms with van der Waals surface area (Å²) in [6.45, 7) is 2.45. The van der Waals surface area contributed by atoms with E-state index in [4.69, 9.17) is 14.3 Å². The van der Waals surface area contributed by atoms with Gasteiger partial charge in [0.1, 0.15) is 11.5 Å². The highest BCUT2D eigenvalue weighted by atomic mass is 16.5. The van der Waals surface area contributed by atoms with Crippen LogP contribution in [0, 0.1) is 6.92 Å². The van der Waals surface area contributed by atoms with Gasteiger partial charge in [-0.05, 0) is 56.2 Å². The lowest BCUT2D eigenvalue weighted by Gasteiger charge is -2.07. The molecule has 134 valence electrons. The van der Waals surface area contributed by atoms with Gasteiger partial charge in [0, 0.05) is 18.5 Å². The zero-order valence-electron chi connectivity index (χ0n) is 14.3. The molecule has 0 aliphatic carbocycles. The number of aliphatic hydroxyl groups excluding tert-OH is 1. The summed E-state index contributed by atoms with van der Waals surface area (Å²) < 4.78 is 10.9. The Balaban J connectivity index is 1.66. The van der Waals surface area contributed by atoms with Gasteiger partial charge in [-0.1, -0.05) is 0 Å². The van der Waals surface area contributed by atoms with E-state index in [0.717, 1.165) is 18.6 Å². The maximum atomic E-state index is 11.9. The second kappa shape index (κ2) is 9.64. The van der Waals surface area contributed by atoms with Crippen molar-refractivity contribution in [1.82, 2.24) is 5.32 Å². The summed E-state index contributed by atoms with van der Waals surface area (Å²) in [5.74, 6) is 1.60. The lowest BCUT2D eigenvalue weighted by molar-refractivity contribution is 0.0940. The predicted octanol–water partition coefficient (Wildman–Crippen LogP) is 2.74. The van der Waals surface area contributed by atoms with Crippen molar-refractivity contribution in [2.45, 2.75) is 26.2 Å². The molecule has 1 amide bonds. The SMILES string of the molecule is Cc1ccc(C(=O)CCCCOc2ccc(C(=O)NCCO)cc2)o1. The molecule has 0 unspecified atom stereocenters. The molecule has 0 bridgehead atoms. The molecule has 1 heterocycles. The van der Waals surface area contributed by atoms with Crippen molar-refractivity contribution < 1.29 is 23.8 Å². The molecule has 1 aromatic carbocycles. The number of aryl methyl sites for hydroxylation is 1. The van der Waals surface area contributed by atoms with E-state index in [9.17, 15) is 9.59 Å².